The molecule has 0 aliphatic rings. The number of carbonyl (C=O) groups excluding carboxylic acids is 1. The van der Waals surface area contributed by atoms with E-state index >= 15 is 0 Å². The number of aliphatic hydroxyl groups is 2. The van der Waals surface area contributed by atoms with Crippen LogP contribution in [0.2, 0.25) is 0 Å². The Hall–Kier alpha value is -0.920. The fourth-order valence-electron chi connectivity index (χ4n) is 0. The van der Waals surface area contributed by atoms with E-state index < -0.39 is 5.60 Å². The van der Waals surface area contributed by atoms with Gasteiger partial charge in [0.2, 0.25) is 0 Å². The van der Waals surface area contributed by atoms with Gasteiger partial charge in [0.1, 0.15) is 5.78 Å². The number of aliphatic hydroxyl groups excluding tert-OH is 1. The zero-order chi connectivity index (χ0) is 12.8. The lowest BCUT2D eigenvalue weighted by atomic mass is 10.2. The van der Waals surface area contributed by atoms with Crippen LogP contribution in [-0.2, 0) is 4.79 Å². The molecule has 0 amide bonds. The lowest BCUT2D eigenvalue weighted by Crippen LogP contribution is -2.10. The van der Waals surface area contributed by atoms with Crippen LogP contribution in [0.3, 0.4) is 0 Å². The number of nitrogens with zero attached hydrogens (tertiary/aromatic N) is 1. The Morgan fingerprint density at radius 1 is 1.21 bits per heavy atom. The van der Waals surface area contributed by atoms with Crippen LogP contribution in [0.4, 0.5) is 0 Å². The van der Waals surface area contributed by atoms with Gasteiger partial charge in [-0.1, -0.05) is 0 Å². The van der Waals surface area contributed by atoms with Crippen LogP contribution < -0.4 is 0 Å². The Bertz CT molecular complexity index is 132. The van der Waals surface area contributed by atoms with Crippen LogP contribution in [-0.4, -0.2) is 28.7 Å². The molecule has 4 heteroatoms. The monoisotopic (exact) mass is 205 g/mol. The molecule has 0 aromatic heterocycles. The summed E-state index contributed by atoms with van der Waals surface area (Å²) in [7, 11) is 1.00. The highest BCUT2D eigenvalue weighted by atomic mass is 16.3. The highest BCUT2D eigenvalue weighted by molar-refractivity contribution is 5.72. The molecule has 0 saturated heterocycles. The first-order valence-corrected chi connectivity index (χ1v) is 4.10. The molecule has 0 fully saturated rings. The quantitative estimate of drug-likeness (QED) is 0.628. The van der Waals surface area contributed by atoms with Gasteiger partial charge < -0.3 is 15.0 Å². The van der Waals surface area contributed by atoms with E-state index in [4.69, 9.17) is 15.5 Å². The SMILES string of the molecule is CC#N.CC(C)(C)O.CC(C)=O.CO. The standard InChI is InChI=1S/C4H10O.C3H6O.C2H3N.CH4O/c1-4(2,3)5;1-3(2)4;1-2-3;1-2/h5H,1-3H3;1-2H3;1H3;2H,1H3. The van der Waals surface area contributed by atoms with E-state index in [1.807, 2.05) is 0 Å². The van der Waals surface area contributed by atoms with Crippen molar-refractivity contribution in [3.05, 3.63) is 0 Å². The molecule has 0 aliphatic carbocycles. The number of nitriles is 1. The zero-order valence-corrected chi connectivity index (χ0v) is 10.2. The Labute approximate surface area is 87.2 Å². The summed E-state index contributed by atoms with van der Waals surface area (Å²) in [5.41, 5.74) is -0.500. The van der Waals surface area contributed by atoms with Gasteiger partial charge in [-0.25, -0.2) is 0 Å². The van der Waals surface area contributed by atoms with Crippen molar-refractivity contribution >= 4 is 5.78 Å². The third-order valence-corrected chi connectivity index (χ3v) is 0. The average Bonchev–Trinajstić information content (AvgIpc) is 1.87. The molecule has 0 aromatic carbocycles. The maximum Gasteiger partial charge on any atom is 0.126 e. The molecule has 0 aliphatic heterocycles. The summed E-state index contributed by atoms with van der Waals surface area (Å²) in [6.07, 6.45) is 0. The first-order valence-electron chi connectivity index (χ1n) is 4.10. The minimum Gasteiger partial charge on any atom is -0.400 e. The van der Waals surface area contributed by atoms with E-state index in [0.29, 0.717) is 0 Å². The van der Waals surface area contributed by atoms with Gasteiger partial charge >= 0.3 is 0 Å². The molecule has 0 unspecified atom stereocenters. The molecule has 0 heterocycles. The van der Waals surface area contributed by atoms with Crippen molar-refractivity contribution in [2.75, 3.05) is 7.11 Å². The molecule has 4 nitrogen and oxygen atoms in total. The van der Waals surface area contributed by atoms with Crippen LogP contribution >= 0.6 is 0 Å². The summed E-state index contributed by atoms with van der Waals surface area (Å²) >= 11 is 0. The predicted molar refractivity (Wildman–Crippen MR) is 57.8 cm³/mol. The smallest absolute Gasteiger partial charge is 0.126 e. The number of hydrogen-bond donors (Lipinski definition) is 2. The van der Waals surface area contributed by atoms with E-state index in [1.54, 1.807) is 26.8 Å². The molecule has 0 rings (SSSR count). The number of hydrogen-bond acceptors (Lipinski definition) is 4. The number of carbonyl (C=O) groups is 1. The number of rotatable bonds is 0. The van der Waals surface area contributed by atoms with Crippen molar-refractivity contribution in [2.45, 2.75) is 47.1 Å². The first kappa shape index (κ1) is 23.2. The maximum absolute atomic E-state index is 9.44. The highest BCUT2D eigenvalue weighted by Crippen LogP contribution is 1.93. The molecule has 0 saturated carbocycles. The van der Waals surface area contributed by atoms with Gasteiger partial charge in [0.05, 0.1) is 11.7 Å². The maximum atomic E-state index is 9.44. The second-order valence-corrected chi connectivity index (χ2v) is 3.30. The molecule has 0 atom stereocenters. The Morgan fingerprint density at radius 2 is 1.21 bits per heavy atom. The second-order valence-electron chi connectivity index (χ2n) is 3.30. The molecule has 0 radical (unpaired) electrons. The zero-order valence-electron chi connectivity index (χ0n) is 10.2. The molecule has 0 aromatic rings. The first-order chi connectivity index (χ1) is 6.15. The van der Waals surface area contributed by atoms with Gasteiger partial charge in [0.25, 0.3) is 0 Å². The lowest BCUT2D eigenvalue weighted by molar-refractivity contribution is -0.114. The summed E-state index contributed by atoms with van der Waals surface area (Å²) in [6.45, 7) is 9.72. The summed E-state index contributed by atoms with van der Waals surface area (Å²) in [4.78, 5) is 9.44. The minimum absolute atomic E-state index is 0.167. The molecule has 86 valence electrons. The molecule has 0 spiro atoms. The van der Waals surface area contributed by atoms with Crippen molar-refractivity contribution < 1.29 is 15.0 Å². The summed E-state index contributed by atoms with van der Waals surface area (Å²) in [5, 5.41) is 22.8. The molecular formula is C10H23NO3. The van der Waals surface area contributed by atoms with Gasteiger partial charge in [0.15, 0.2) is 0 Å². The van der Waals surface area contributed by atoms with E-state index in [2.05, 4.69) is 0 Å². The predicted octanol–water partition coefficient (Wildman–Crippen LogP) is 1.51. The fourth-order valence-corrected chi connectivity index (χ4v) is 0. The van der Waals surface area contributed by atoms with Crippen molar-refractivity contribution in [2.24, 2.45) is 0 Å². The molecular weight excluding hydrogens is 182 g/mol. The average molecular weight is 205 g/mol. The Kier molecular flexibility index (Phi) is 29.7. The fraction of sp³-hybridized carbons (Fsp3) is 0.800. The van der Waals surface area contributed by atoms with E-state index in [-0.39, 0.29) is 5.78 Å². The number of Topliss-reactive ketones (excluding diaryl/α,β-unsaturated/α-hetero) is 1. The molecule has 0 bridgehead atoms. The van der Waals surface area contributed by atoms with Crippen LogP contribution in [0.5, 0.6) is 0 Å². The lowest BCUT2D eigenvalue weighted by Gasteiger charge is -2.04. The topological polar surface area (TPSA) is 81.3 Å². The van der Waals surface area contributed by atoms with E-state index in [0.717, 1.165) is 7.11 Å². The van der Waals surface area contributed by atoms with E-state index in [9.17, 15) is 4.79 Å². The van der Waals surface area contributed by atoms with Crippen LogP contribution in [0.15, 0.2) is 0 Å². The van der Waals surface area contributed by atoms with Crippen LogP contribution in [0.1, 0.15) is 41.5 Å². The van der Waals surface area contributed by atoms with Gasteiger partial charge in [-0.2, -0.15) is 5.26 Å². The third kappa shape index (κ3) is 1330. The van der Waals surface area contributed by atoms with E-state index in [1.165, 1.54) is 20.8 Å². The number of ketones is 1. The second kappa shape index (κ2) is 18.0. The van der Waals surface area contributed by atoms with Crippen LogP contribution in [0, 0.1) is 11.3 Å². The Balaban J connectivity index is -0.0000000505. The highest BCUT2D eigenvalue weighted by Gasteiger charge is 1.97. The summed E-state index contributed by atoms with van der Waals surface area (Å²) in [6, 6.07) is 1.75. The van der Waals surface area contributed by atoms with Crippen molar-refractivity contribution in [1.29, 1.82) is 5.26 Å². The summed E-state index contributed by atoms with van der Waals surface area (Å²) < 4.78 is 0. The van der Waals surface area contributed by atoms with Crippen molar-refractivity contribution in [3.8, 4) is 6.07 Å². The molecule has 14 heavy (non-hydrogen) atoms. The van der Waals surface area contributed by atoms with Crippen molar-refractivity contribution in [3.63, 3.8) is 0 Å². The normalized spacial score (nSPS) is 7.14. The van der Waals surface area contributed by atoms with Crippen LogP contribution in [0.25, 0.3) is 0 Å². The van der Waals surface area contributed by atoms with Gasteiger partial charge in [-0.05, 0) is 34.6 Å². The molecule has 2 N–H and O–H groups in total. The van der Waals surface area contributed by atoms with Gasteiger partial charge in [-0.15, -0.1) is 0 Å². The largest absolute Gasteiger partial charge is 0.400 e. The van der Waals surface area contributed by atoms with Gasteiger partial charge in [0, 0.05) is 14.0 Å². The summed E-state index contributed by atoms with van der Waals surface area (Å²) in [5.74, 6) is 0.167. The third-order valence-electron chi connectivity index (χ3n) is 0. The van der Waals surface area contributed by atoms with Gasteiger partial charge in [-0.3, -0.25) is 0 Å². The van der Waals surface area contributed by atoms with Crippen molar-refractivity contribution in [1.82, 2.24) is 0 Å². The Morgan fingerprint density at radius 3 is 1.21 bits per heavy atom. The minimum atomic E-state index is -0.500.